The van der Waals surface area contributed by atoms with Crippen LogP contribution in [0.15, 0.2) is 40.9 Å². The molecule has 0 aliphatic carbocycles. The first-order valence-electron chi connectivity index (χ1n) is 5.33. The van der Waals surface area contributed by atoms with Gasteiger partial charge in [0.2, 0.25) is 0 Å². The molecule has 2 aromatic carbocycles. The van der Waals surface area contributed by atoms with Crippen LogP contribution >= 0.6 is 15.9 Å². The van der Waals surface area contributed by atoms with E-state index < -0.39 is 11.7 Å². The van der Waals surface area contributed by atoms with Crippen molar-refractivity contribution in [3.63, 3.8) is 0 Å². The van der Waals surface area contributed by atoms with Gasteiger partial charge in [0.05, 0.1) is 15.7 Å². The Morgan fingerprint density at radius 2 is 2.05 bits per heavy atom. The summed E-state index contributed by atoms with van der Waals surface area (Å²) in [6.07, 6.45) is 0. The zero-order valence-corrected chi connectivity index (χ0v) is 11.2. The predicted octanol–water partition coefficient (Wildman–Crippen LogP) is 3.13. The highest BCUT2D eigenvalue weighted by molar-refractivity contribution is 9.10. The van der Waals surface area contributed by atoms with Crippen molar-refractivity contribution in [2.75, 3.05) is 11.1 Å². The number of nitrogen functional groups attached to an aromatic ring is 1. The minimum atomic E-state index is -0.563. The topological polar surface area (TPSA) is 75.4 Å². The maximum absolute atomic E-state index is 13.3. The van der Waals surface area contributed by atoms with Crippen LogP contribution in [-0.2, 0) is 0 Å². The van der Waals surface area contributed by atoms with Crippen molar-refractivity contribution < 1.29 is 14.3 Å². The lowest BCUT2D eigenvalue weighted by molar-refractivity contribution is 0.102. The molecule has 0 spiro atoms. The van der Waals surface area contributed by atoms with Crippen molar-refractivity contribution in [2.24, 2.45) is 0 Å². The predicted molar refractivity (Wildman–Crippen MR) is 74.6 cm³/mol. The highest BCUT2D eigenvalue weighted by Crippen LogP contribution is 2.26. The molecule has 4 N–H and O–H groups in total. The molecule has 0 aliphatic rings. The molecule has 4 nitrogen and oxygen atoms in total. The number of carbonyl (C=O) groups excluding carboxylic acids is 1. The number of amides is 1. The number of phenols is 1. The molecule has 2 rings (SSSR count). The fourth-order valence-corrected chi connectivity index (χ4v) is 1.76. The molecule has 2 aromatic rings. The first-order chi connectivity index (χ1) is 8.99. The molecule has 0 aliphatic heterocycles. The number of hydrogen-bond acceptors (Lipinski definition) is 3. The number of nitrogens with one attached hydrogen (secondary N) is 1. The number of anilines is 2. The van der Waals surface area contributed by atoms with Crippen LogP contribution in [0.25, 0.3) is 0 Å². The Hall–Kier alpha value is -2.08. The average Bonchev–Trinajstić information content (AvgIpc) is 2.37. The van der Waals surface area contributed by atoms with E-state index in [4.69, 9.17) is 5.73 Å². The van der Waals surface area contributed by atoms with Crippen LogP contribution in [0.1, 0.15) is 10.4 Å². The maximum atomic E-state index is 13.3. The van der Waals surface area contributed by atoms with Crippen LogP contribution in [0.3, 0.4) is 0 Å². The summed E-state index contributed by atoms with van der Waals surface area (Å²) in [5, 5.41) is 12.2. The quantitative estimate of drug-likeness (QED) is 0.586. The Labute approximate surface area is 117 Å². The third-order valence-electron chi connectivity index (χ3n) is 2.49. The first-order valence-corrected chi connectivity index (χ1v) is 6.12. The summed E-state index contributed by atoms with van der Waals surface area (Å²) in [6, 6.07) is 8.64. The van der Waals surface area contributed by atoms with Crippen molar-refractivity contribution in [2.45, 2.75) is 0 Å². The number of nitrogens with two attached hydrogens (primary N) is 1. The molecule has 0 saturated carbocycles. The van der Waals surface area contributed by atoms with Crippen LogP contribution in [-0.4, -0.2) is 11.0 Å². The van der Waals surface area contributed by atoms with Gasteiger partial charge in [-0.1, -0.05) is 6.07 Å². The Morgan fingerprint density at radius 3 is 2.74 bits per heavy atom. The maximum Gasteiger partial charge on any atom is 0.259 e. The Balaban J connectivity index is 2.26. The molecule has 19 heavy (non-hydrogen) atoms. The second kappa shape index (κ2) is 5.27. The van der Waals surface area contributed by atoms with Crippen LogP contribution in [0.4, 0.5) is 15.8 Å². The van der Waals surface area contributed by atoms with Gasteiger partial charge in [0.25, 0.3) is 5.91 Å². The van der Waals surface area contributed by atoms with Crippen LogP contribution in [0, 0.1) is 5.82 Å². The molecule has 1 amide bonds. The van der Waals surface area contributed by atoms with E-state index in [0.717, 1.165) is 0 Å². The van der Waals surface area contributed by atoms with Crippen molar-refractivity contribution >= 4 is 33.2 Å². The van der Waals surface area contributed by atoms with E-state index >= 15 is 0 Å². The standard InChI is InChI=1S/C13H10BrFN2O2/c14-9-5-4-7(6-10(9)15)17-13(19)8-2-1-3-11(16)12(8)18/h1-6,18H,16H2,(H,17,19). The number of carbonyl (C=O) groups is 1. The van der Waals surface area contributed by atoms with Crippen molar-refractivity contribution in [3.05, 3.63) is 52.3 Å². The van der Waals surface area contributed by atoms with Gasteiger partial charge >= 0.3 is 0 Å². The zero-order chi connectivity index (χ0) is 14.0. The molecule has 0 unspecified atom stereocenters. The van der Waals surface area contributed by atoms with E-state index in [1.807, 2.05) is 0 Å². The van der Waals surface area contributed by atoms with E-state index in [1.54, 1.807) is 6.07 Å². The number of phenolic OH excluding ortho intramolecular Hbond substituents is 1. The third kappa shape index (κ3) is 2.85. The summed E-state index contributed by atoms with van der Waals surface area (Å²) in [5.41, 5.74) is 5.92. The van der Waals surface area contributed by atoms with Crippen molar-refractivity contribution in [3.8, 4) is 5.75 Å². The van der Waals surface area contributed by atoms with Gasteiger partial charge in [0.15, 0.2) is 5.75 Å². The molecular weight excluding hydrogens is 315 g/mol. The summed E-state index contributed by atoms with van der Waals surface area (Å²) >= 11 is 3.02. The molecular formula is C13H10BrFN2O2. The van der Waals surface area contributed by atoms with Gasteiger partial charge in [-0.15, -0.1) is 0 Å². The van der Waals surface area contributed by atoms with Gasteiger partial charge in [-0.05, 0) is 46.3 Å². The minimum Gasteiger partial charge on any atom is -0.505 e. The van der Waals surface area contributed by atoms with Crippen LogP contribution in [0.5, 0.6) is 5.75 Å². The summed E-state index contributed by atoms with van der Waals surface area (Å²) in [7, 11) is 0. The van der Waals surface area contributed by atoms with Crippen molar-refractivity contribution in [1.82, 2.24) is 0 Å². The zero-order valence-electron chi connectivity index (χ0n) is 9.65. The number of rotatable bonds is 2. The van der Waals surface area contributed by atoms with Gasteiger partial charge < -0.3 is 16.2 Å². The summed E-state index contributed by atoms with van der Waals surface area (Å²) in [5.74, 6) is -1.35. The number of halogens is 2. The molecule has 0 fully saturated rings. The lowest BCUT2D eigenvalue weighted by Gasteiger charge is -2.08. The normalized spacial score (nSPS) is 10.2. The smallest absolute Gasteiger partial charge is 0.259 e. The summed E-state index contributed by atoms with van der Waals surface area (Å²) < 4.78 is 13.6. The third-order valence-corrected chi connectivity index (χ3v) is 3.13. The molecule has 0 aromatic heterocycles. The number of benzene rings is 2. The molecule has 98 valence electrons. The lowest BCUT2D eigenvalue weighted by atomic mass is 10.1. The van der Waals surface area contributed by atoms with Gasteiger partial charge in [-0.2, -0.15) is 0 Å². The van der Waals surface area contributed by atoms with Gasteiger partial charge in [0, 0.05) is 5.69 Å². The summed E-state index contributed by atoms with van der Waals surface area (Å²) in [6.45, 7) is 0. The largest absolute Gasteiger partial charge is 0.505 e. The fourth-order valence-electron chi connectivity index (χ4n) is 1.52. The van der Waals surface area contributed by atoms with E-state index in [9.17, 15) is 14.3 Å². The number of aromatic hydroxyl groups is 1. The SMILES string of the molecule is Nc1cccc(C(=O)Nc2ccc(Br)c(F)c2)c1O. The monoisotopic (exact) mass is 324 g/mol. The minimum absolute atomic E-state index is 0.0309. The number of para-hydroxylation sites is 1. The Bertz CT molecular complexity index is 647. The van der Waals surface area contributed by atoms with Gasteiger partial charge in [-0.3, -0.25) is 4.79 Å². The highest BCUT2D eigenvalue weighted by Gasteiger charge is 2.13. The Morgan fingerprint density at radius 1 is 1.32 bits per heavy atom. The van der Waals surface area contributed by atoms with Crippen molar-refractivity contribution in [1.29, 1.82) is 0 Å². The fraction of sp³-hybridized carbons (Fsp3) is 0. The molecule has 0 bridgehead atoms. The van der Waals surface area contributed by atoms with Crippen LogP contribution < -0.4 is 11.1 Å². The lowest BCUT2D eigenvalue weighted by Crippen LogP contribution is -2.12. The second-order valence-corrected chi connectivity index (χ2v) is 4.68. The van der Waals surface area contributed by atoms with Gasteiger partial charge in [0.1, 0.15) is 5.82 Å². The Kier molecular flexibility index (Phi) is 3.71. The average molecular weight is 325 g/mol. The van der Waals surface area contributed by atoms with E-state index in [1.165, 1.54) is 30.3 Å². The van der Waals surface area contributed by atoms with E-state index in [-0.39, 0.29) is 22.7 Å². The van der Waals surface area contributed by atoms with E-state index in [2.05, 4.69) is 21.2 Å². The summed E-state index contributed by atoms with van der Waals surface area (Å²) in [4.78, 5) is 11.9. The first kappa shape index (κ1) is 13.4. The molecule has 0 saturated heterocycles. The van der Waals surface area contributed by atoms with E-state index in [0.29, 0.717) is 4.47 Å². The molecule has 0 atom stereocenters. The van der Waals surface area contributed by atoms with Crippen LogP contribution in [0.2, 0.25) is 0 Å². The molecule has 0 radical (unpaired) electrons. The molecule has 0 heterocycles. The molecule has 6 heteroatoms. The van der Waals surface area contributed by atoms with Gasteiger partial charge in [-0.25, -0.2) is 4.39 Å². The second-order valence-electron chi connectivity index (χ2n) is 3.83. The number of hydrogen-bond donors (Lipinski definition) is 3. The highest BCUT2D eigenvalue weighted by atomic mass is 79.9.